The minimum absolute atomic E-state index is 0.00349. The number of nitrogens with one attached hydrogen (secondary N) is 1. The van der Waals surface area contributed by atoms with Crippen molar-refractivity contribution in [3.8, 4) is 0 Å². The van der Waals surface area contributed by atoms with Gasteiger partial charge in [0.1, 0.15) is 0 Å². The molecule has 100 valence electrons. The number of carbonyl (C=O) groups is 1. The maximum Gasteiger partial charge on any atom is 0.224 e. The first-order chi connectivity index (χ1) is 9.19. The predicted octanol–water partition coefficient (Wildman–Crippen LogP) is 2.27. The summed E-state index contributed by atoms with van der Waals surface area (Å²) in [7, 11) is 0. The van der Waals surface area contributed by atoms with Crippen LogP contribution in [0.1, 0.15) is 18.9 Å². The van der Waals surface area contributed by atoms with E-state index in [2.05, 4.69) is 11.4 Å². The standard InChI is InChI=1S/C16H19NO2/c1-12(8-9-18)17-16(19)11-13-6-7-14-4-2-3-5-15(14)10-13/h2-7,10,12,18H,8-9,11H2,1H3,(H,17,19). The van der Waals surface area contributed by atoms with E-state index in [1.54, 1.807) is 0 Å². The normalized spacial score (nSPS) is 12.3. The number of aliphatic hydroxyl groups is 1. The molecule has 2 aromatic carbocycles. The molecule has 0 aliphatic heterocycles. The molecule has 0 aliphatic rings. The summed E-state index contributed by atoms with van der Waals surface area (Å²) in [6, 6.07) is 14.2. The van der Waals surface area contributed by atoms with Gasteiger partial charge in [-0.05, 0) is 29.7 Å². The van der Waals surface area contributed by atoms with Gasteiger partial charge in [0.15, 0.2) is 0 Å². The Kier molecular flexibility index (Phi) is 4.53. The lowest BCUT2D eigenvalue weighted by Crippen LogP contribution is -2.34. The van der Waals surface area contributed by atoms with E-state index in [4.69, 9.17) is 5.11 Å². The molecule has 0 saturated heterocycles. The van der Waals surface area contributed by atoms with Gasteiger partial charge in [0, 0.05) is 12.6 Å². The Labute approximate surface area is 113 Å². The van der Waals surface area contributed by atoms with Gasteiger partial charge >= 0.3 is 0 Å². The average molecular weight is 257 g/mol. The van der Waals surface area contributed by atoms with E-state index >= 15 is 0 Å². The first kappa shape index (κ1) is 13.6. The monoisotopic (exact) mass is 257 g/mol. The molecule has 0 spiro atoms. The number of amides is 1. The van der Waals surface area contributed by atoms with Crippen LogP contribution in [0.2, 0.25) is 0 Å². The number of rotatable bonds is 5. The molecule has 19 heavy (non-hydrogen) atoms. The minimum atomic E-state index is -0.00349. The highest BCUT2D eigenvalue weighted by atomic mass is 16.3. The summed E-state index contributed by atoms with van der Waals surface area (Å²) in [5, 5.41) is 14.0. The number of benzene rings is 2. The van der Waals surface area contributed by atoms with Crippen LogP contribution in [-0.4, -0.2) is 23.7 Å². The van der Waals surface area contributed by atoms with Crippen LogP contribution < -0.4 is 5.32 Å². The molecule has 3 nitrogen and oxygen atoms in total. The first-order valence-electron chi connectivity index (χ1n) is 6.57. The van der Waals surface area contributed by atoms with E-state index in [0.717, 1.165) is 10.9 Å². The number of fused-ring (bicyclic) bond motifs is 1. The van der Waals surface area contributed by atoms with Crippen molar-refractivity contribution in [2.24, 2.45) is 0 Å². The molecular formula is C16H19NO2. The summed E-state index contributed by atoms with van der Waals surface area (Å²) >= 11 is 0. The Balaban J connectivity index is 2.02. The highest BCUT2D eigenvalue weighted by Crippen LogP contribution is 2.15. The van der Waals surface area contributed by atoms with Crippen molar-refractivity contribution in [2.45, 2.75) is 25.8 Å². The van der Waals surface area contributed by atoms with Crippen molar-refractivity contribution in [3.63, 3.8) is 0 Å². The molecule has 1 amide bonds. The molecule has 0 bridgehead atoms. The van der Waals surface area contributed by atoms with E-state index in [0.29, 0.717) is 12.8 Å². The molecule has 3 heteroatoms. The zero-order valence-electron chi connectivity index (χ0n) is 11.1. The fraction of sp³-hybridized carbons (Fsp3) is 0.312. The Hall–Kier alpha value is -1.87. The summed E-state index contributed by atoms with van der Waals surface area (Å²) in [5.41, 5.74) is 1.01. The zero-order valence-corrected chi connectivity index (χ0v) is 11.1. The lowest BCUT2D eigenvalue weighted by molar-refractivity contribution is -0.121. The van der Waals surface area contributed by atoms with E-state index in [1.807, 2.05) is 43.3 Å². The van der Waals surface area contributed by atoms with Crippen LogP contribution in [0.15, 0.2) is 42.5 Å². The SMILES string of the molecule is CC(CCO)NC(=O)Cc1ccc2ccccc2c1. The second-order valence-electron chi connectivity index (χ2n) is 4.84. The molecule has 2 rings (SSSR count). The average Bonchev–Trinajstić information content (AvgIpc) is 2.38. The highest BCUT2D eigenvalue weighted by molar-refractivity contribution is 5.85. The first-order valence-corrected chi connectivity index (χ1v) is 6.57. The molecule has 0 aromatic heterocycles. The van der Waals surface area contributed by atoms with Gasteiger partial charge in [0.05, 0.1) is 6.42 Å². The Morgan fingerprint density at radius 1 is 1.21 bits per heavy atom. The van der Waals surface area contributed by atoms with E-state index < -0.39 is 0 Å². The summed E-state index contributed by atoms with van der Waals surface area (Å²) < 4.78 is 0. The number of hydrogen-bond acceptors (Lipinski definition) is 2. The smallest absolute Gasteiger partial charge is 0.224 e. The van der Waals surface area contributed by atoms with Crippen LogP contribution >= 0.6 is 0 Å². The summed E-state index contributed by atoms with van der Waals surface area (Å²) in [6.07, 6.45) is 0.962. The molecule has 2 aromatic rings. The third kappa shape index (κ3) is 3.80. The fourth-order valence-electron chi connectivity index (χ4n) is 2.13. The maximum atomic E-state index is 11.8. The lowest BCUT2D eigenvalue weighted by atomic mass is 10.0. The van der Waals surface area contributed by atoms with Crippen LogP contribution in [0, 0.1) is 0 Å². The Morgan fingerprint density at radius 2 is 1.95 bits per heavy atom. The topological polar surface area (TPSA) is 49.3 Å². The van der Waals surface area contributed by atoms with Crippen molar-refractivity contribution in [1.82, 2.24) is 5.32 Å². The van der Waals surface area contributed by atoms with Crippen molar-refractivity contribution in [3.05, 3.63) is 48.0 Å². The lowest BCUT2D eigenvalue weighted by Gasteiger charge is -2.12. The molecular weight excluding hydrogens is 238 g/mol. The van der Waals surface area contributed by atoms with Gasteiger partial charge in [0.2, 0.25) is 5.91 Å². The van der Waals surface area contributed by atoms with Crippen LogP contribution in [0.3, 0.4) is 0 Å². The molecule has 1 unspecified atom stereocenters. The summed E-state index contributed by atoms with van der Waals surface area (Å²) in [5.74, 6) is -0.00349. The van der Waals surface area contributed by atoms with Gasteiger partial charge < -0.3 is 10.4 Å². The molecule has 0 radical (unpaired) electrons. The van der Waals surface area contributed by atoms with Crippen molar-refractivity contribution >= 4 is 16.7 Å². The van der Waals surface area contributed by atoms with Gasteiger partial charge in [-0.2, -0.15) is 0 Å². The van der Waals surface area contributed by atoms with Gasteiger partial charge in [-0.3, -0.25) is 4.79 Å². The highest BCUT2D eigenvalue weighted by Gasteiger charge is 2.08. The molecule has 1 atom stereocenters. The molecule has 2 N–H and O–H groups in total. The minimum Gasteiger partial charge on any atom is -0.396 e. The predicted molar refractivity (Wildman–Crippen MR) is 77.0 cm³/mol. The van der Waals surface area contributed by atoms with Gasteiger partial charge in [-0.25, -0.2) is 0 Å². The second-order valence-corrected chi connectivity index (χ2v) is 4.84. The van der Waals surface area contributed by atoms with E-state index in [9.17, 15) is 4.79 Å². The molecule has 0 aliphatic carbocycles. The fourth-order valence-corrected chi connectivity index (χ4v) is 2.13. The second kappa shape index (κ2) is 6.34. The third-order valence-corrected chi connectivity index (χ3v) is 3.15. The maximum absolute atomic E-state index is 11.8. The Morgan fingerprint density at radius 3 is 2.68 bits per heavy atom. The number of carbonyl (C=O) groups excluding carboxylic acids is 1. The van der Waals surface area contributed by atoms with Crippen LogP contribution in [0.25, 0.3) is 10.8 Å². The Bertz CT molecular complexity index is 565. The number of hydrogen-bond donors (Lipinski definition) is 2. The summed E-state index contributed by atoms with van der Waals surface area (Å²) in [4.78, 5) is 11.8. The van der Waals surface area contributed by atoms with Crippen LogP contribution in [0.4, 0.5) is 0 Å². The van der Waals surface area contributed by atoms with Crippen LogP contribution in [-0.2, 0) is 11.2 Å². The number of aliphatic hydroxyl groups excluding tert-OH is 1. The zero-order chi connectivity index (χ0) is 13.7. The molecule has 0 fully saturated rings. The van der Waals surface area contributed by atoms with E-state index in [1.165, 1.54) is 5.39 Å². The van der Waals surface area contributed by atoms with Gasteiger partial charge in [-0.1, -0.05) is 42.5 Å². The van der Waals surface area contributed by atoms with Crippen molar-refractivity contribution in [1.29, 1.82) is 0 Å². The third-order valence-electron chi connectivity index (χ3n) is 3.15. The van der Waals surface area contributed by atoms with Crippen molar-refractivity contribution < 1.29 is 9.90 Å². The summed E-state index contributed by atoms with van der Waals surface area (Å²) in [6.45, 7) is 1.99. The quantitative estimate of drug-likeness (QED) is 0.863. The van der Waals surface area contributed by atoms with E-state index in [-0.39, 0.29) is 18.6 Å². The van der Waals surface area contributed by atoms with Gasteiger partial charge in [0.25, 0.3) is 0 Å². The van der Waals surface area contributed by atoms with Crippen molar-refractivity contribution in [2.75, 3.05) is 6.61 Å². The van der Waals surface area contributed by atoms with Crippen LogP contribution in [0.5, 0.6) is 0 Å². The molecule has 0 heterocycles. The molecule has 0 saturated carbocycles. The van der Waals surface area contributed by atoms with Gasteiger partial charge in [-0.15, -0.1) is 0 Å². The largest absolute Gasteiger partial charge is 0.396 e.